The number of hydrogen-bond donors (Lipinski definition) is 1. The van der Waals surface area contributed by atoms with E-state index < -0.39 is 22.9 Å². The van der Waals surface area contributed by atoms with Crippen molar-refractivity contribution in [3.63, 3.8) is 0 Å². The summed E-state index contributed by atoms with van der Waals surface area (Å²) in [5.41, 5.74) is 1.79. The maximum Gasteiger partial charge on any atom is 0.335 e. The van der Waals surface area contributed by atoms with Crippen LogP contribution in [0.3, 0.4) is 0 Å². The predicted molar refractivity (Wildman–Crippen MR) is 111 cm³/mol. The molecule has 1 aliphatic heterocycles. The van der Waals surface area contributed by atoms with E-state index in [-0.39, 0.29) is 22.6 Å². The van der Waals surface area contributed by atoms with Crippen molar-refractivity contribution in [1.82, 2.24) is 9.47 Å². The van der Waals surface area contributed by atoms with Crippen molar-refractivity contribution in [3.8, 4) is 5.69 Å². The van der Waals surface area contributed by atoms with Crippen LogP contribution in [0.5, 0.6) is 0 Å². The lowest BCUT2D eigenvalue weighted by atomic mass is 10.2. The lowest BCUT2D eigenvalue weighted by Gasteiger charge is -2.13. The Morgan fingerprint density at radius 2 is 1.77 bits per heavy atom. The Bertz CT molecular complexity index is 1180. The normalized spacial score (nSPS) is 15.2. The third-order valence-electron chi connectivity index (χ3n) is 4.61. The molecule has 150 valence electrons. The molecule has 2 aromatic carbocycles. The third kappa shape index (κ3) is 3.77. The monoisotopic (exact) mass is 422 g/mol. The molecule has 1 saturated heterocycles. The van der Waals surface area contributed by atoms with Crippen molar-refractivity contribution < 1.29 is 23.9 Å². The number of rotatable bonds is 5. The average molecular weight is 422 g/mol. The van der Waals surface area contributed by atoms with Crippen LogP contribution in [-0.4, -0.2) is 31.7 Å². The molecule has 0 bridgehead atoms. The van der Waals surface area contributed by atoms with Crippen LogP contribution in [0.4, 0.5) is 9.18 Å². The number of carbonyl (C=O) groups excluding carboxylic acids is 2. The molecule has 0 spiro atoms. The Labute approximate surface area is 175 Å². The van der Waals surface area contributed by atoms with E-state index in [1.54, 1.807) is 53.2 Å². The molecule has 0 saturated carbocycles. The Morgan fingerprint density at radius 3 is 2.47 bits per heavy atom. The zero-order valence-corrected chi connectivity index (χ0v) is 16.3. The molecule has 30 heavy (non-hydrogen) atoms. The second-order valence-electron chi connectivity index (χ2n) is 6.51. The molecule has 6 nitrogen and oxygen atoms in total. The average Bonchev–Trinajstić information content (AvgIpc) is 3.30. The van der Waals surface area contributed by atoms with Crippen molar-refractivity contribution in [2.45, 2.75) is 6.54 Å². The number of benzene rings is 2. The quantitative estimate of drug-likeness (QED) is 0.610. The van der Waals surface area contributed by atoms with Gasteiger partial charge < -0.3 is 9.67 Å². The number of carbonyl (C=O) groups is 3. The summed E-state index contributed by atoms with van der Waals surface area (Å²) in [6.07, 6.45) is 3.36. The van der Waals surface area contributed by atoms with Gasteiger partial charge in [0.2, 0.25) is 0 Å². The fraction of sp³-hybridized carbons (Fsp3) is 0.0455. The van der Waals surface area contributed by atoms with E-state index in [0.29, 0.717) is 11.4 Å². The second kappa shape index (κ2) is 8.00. The lowest BCUT2D eigenvalue weighted by Crippen LogP contribution is -2.27. The number of aromatic carboxylic acids is 1. The van der Waals surface area contributed by atoms with Crippen LogP contribution in [-0.2, 0) is 11.3 Å². The first kappa shape index (κ1) is 19.7. The summed E-state index contributed by atoms with van der Waals surface area (Å²) in [6, 6.07) is 15.9. The van der Waals surface area contributed by atoms with E-state index in [2.05, 4.69) is 0 Å². The molecule has 0 aliphatic carbocycles. The number of nitrogens with zero attached hydrogens (tertiary/aromatic N) is 2. The fourth-order valence-corrected chi connectivity index (χ4v) is 3.90. The van der Waals surface area contributed by atoms with Gasteiger partial charge in [-0.3, -0.25) is 14.5 Å². The molecule has 4 rings (SSSR count). The summed E-state index contributed by atoms with van der Waals surface area (Å²) >= 11 is 0.800. The van der Waals surface area contributed by atoms with Crippen LogP contribution in [0.2, 0.25) is 0 Å². The zero-order chi connectivity index (χ0) is 21.3. The van der Waals surface area contributed by atoms with Crippen LogP contribution >= 0.6 is 11.8 Å². The van der Waals surface area contributed by atoms with Gasteiger partial charge in [0.25, 0.3) is 11.1 Å². The van der Waals surface area contributed by atoms with Crippen molar-refractivity contribution in [3.05, 3.63) is 94.4 Å². The minimum atomic E-state index is -1.02. The molecule has 0 atom stereocenters. The van der Waals surface area contributed by atoms with Crippen molar-refractivity contribution in [2.75, 3.05) is 0 Å². The van der Waals surface area contributed by atoms with E-state index in [1.165, 1.54) is 24.3 Å². The SMILES string of the molecule is O=C(O)c1ccc(-n2cccc2C=C2SC(=O)N(Cc3ccccc3F)C2=O)cc1. The van der Waals surface area contributed by atoms with Gasteiger partial charge in [-0.2, -0.15) is 0 Å². The molecular weight excluding hydrogens is 407 g/mol. The molecular formula is C22H15FN2O4S. The Balaban J connectivity index is 1.60. The molecule has 0 unspecified atom stereocenters. The highest BCUT2D eigenvalue weighted by molar-refractivity contribution is 8.18. The summed E-state index contributed by atoms with van der Waals surface area (Å²) in [6.45, 7) is -0.133. The van der Waals surface area contributed by atoms with E-state index >= 15 is 0 Å². The topological polar surface area (TPSA) is 79.6 Å². The van der Waals surface area contributed by atoms with E-state index in [4.69, 9.17) is 5.11 Å². The number of halogens is 1. The minimum Gasteiger partial charge on any atom is -0.478 e. The van der Waals surface area contributed by atoms with Crippen LogP contribution in [0.15, 0.2) is 71.8 Å². The van der Waals surface area contributed by atoms with E-state index in [0.717, 1.165) is 16.7 Å². The zero-order valence-electron chi connectivity index (χ0n) is 15.5. The maximum absolute atomic E-state index is 13.9. The number of thioether (sulfide) groups is 1. The number of aromatic nitrogens is 1. The largest absolute Gasteiger partial charge is 0.478 e. The van der Waals surface area contributed by atoms with Gasteiger partial charge in [0.05, 0.1) is 17.0 Å². The number of carboxylic acid groups (broad SMARTS) is 1. The van der Waals surface area contributed by atoms with Gasteiger partial charge in [-0.15, -0.1) is 0 Å². The van der Waals surface area contributed by atoms with E-state index in [9.17, 15) is 18.8 Å². The highest BCUT2D eigenvalue weighted by Crippen LogP contribution is 2.34. The van der Waals surface area contributed by atoms with Gasteiger partial charge in [0, 0.05) is 23.1 Å². The smallest absolute Gasteiger partial charge is 0.335 e. The molecule has 8 heteroatoms. The number of carboxylic acids is 1. The van der Waals surface area contributed by atoms with Crippen LogP contribution in [0, 0.1) is 5.82 Å². The van der Waals surface area contributed by atoms with E-state index in [1.807, 2.05) is 0 Å². The van der Waals surface area contributed by atoms with Crippen LogP contribution in [0.1, 0.15) is 21.6 Å². The van der Waals surface area contributed by atoms with Gasteiger partial charge in [0.15, 0.2) is 0 Å². The summed E-state index contributed by atoms with van der Waals surface area (Å²) in [5, 5.41) is 8.58. The highest BCUT2D eigenvalue weighted by Gasteiger charge is 2.35. The lowest BCUT2D eigenvalue weighted by molar-refractivity contribution is -0.123. The molecule has 2 amide bonds. The van der Waals surface area contributed by atoms with Gasteiger partial charge in [-0.25, -0.2) is 9.18 Å². The molecule has 0 radical (unpaired) electrons. The Morgan fingerprint density at radius 1 is 1.03 bits per heavy atom. The van der Waals surface area contributed by atoms with Crippen LogP contribution < -0.4 is 0 Å². The number of imide groups is 1. The molecule has 3 aromatic rings. The number of amides is 2. The fourth-order valence-electron chi connectivity index (χ4n) is 3.08. The second-order valence-corrected chi connectivity index (χ2v) is 7.51. The Kier molecular flexibility index (Phi) is 5.24. The molecule has 1 N–H and O–H groups in total. The van der Waals surface area contributed by atoms with Crippen molar-refractivity contribution >= 4 is 35.0 Å². The van der Waals surface area contributed by atoms with Gasteiger partial charge in [-0.05, 0) is 60.3 Å². The molecule has 1 aliphatic rings. The minimum absolute atomic E-state index is 0.133. The van der Waals surface area contributed by atoms with Crippen molar-refractivity contribution in [1.29, 1.82) is 0 Å². The van der Waals surface area contributed by atoms with Crippen molar-refractivity contribution in [2.24, 2.45) is 0 Å². The molecule has 2 heterocycles. The third-order valence-corrected chi connectivity index (χ3v) is 5.52. The highest BCUT2D eigenvalue weighted by atomic mass is 32.2. The number of hydrogen-bond acceptors (Lipinski definition) is 4. The molecule has 1 fully saturated rings. The Hall–Kier alpha value is -3.65. The first-order valence-electron chi connectivity index (χ1n) is 8.94. The van der Waals surface area contributed by atoms with Gasteiger partial charge in [-0.1, -0.05) is 18.2 Å². The summed E-state index contributed by atoms with van der Waals surface area (Å²) in [7, 11) is 0. The predicted octanol–water partition coefficient (Wildman–Crippen LogP) is 4.55. The van der Waals surface area contributed by atoms with Crippen LogP contribution in [0.25, 0.3) is 11.8 Å². The summed E-state index contributed by atoms with van der Waals surface area (Å²) < 4.78 is 15.7. The summed E-state index contributed by atoms with van der Waals surface area (Å²) in [5.74, 6) is -1.97. The molecule has 1 aromatic heterocycles. The summed E-state index contributed by atoms with van der Waals surface area (Å²) in [4.78, 5) is 37.4. The van der Waals surface area contributed by atoms with Gasteiger partial charge in [0.1, 0.15) is 5.82 Å². The van der Waals surface area contributed by atoms with Gasteiger partial charge >= 0.3 is 5.97 Å². The first-order valence-corrected chi connectivity index (χ1v) is 9.75. The maximum atomic E-state index is 13.9. The standard InChI is InChI=1S/C22H15FN2O4S/c23-18-6-2-1-4-15(18)13-25-20(26)19(30-22(25)29)12-17-5-3-11-24(17)16-9-7-14(8-10-16)21(27)28/h1-12H,13H2,(H,27,28). The first-order chi connectivity index (χ1) is 14.4.